The lowest BCUT2D eigenvalue weighted by molar-refractivity contribution is 0.531. The van der Waals surface area contributed by atoms with E-state index in [0.29, 0.717) is 4.34 Å². The Labute approximate surface area is 99.5 Å². The number of sulfonamides is 1. The van der Waals surface area contributed by atoms with Crippen molar-refractivity contribution in [1.82, 2.24) is 4.72 Å². The maximum absolute atomic E-state index is 11.8. The van der Waals surface area contributed by atoms with Crippen molar-refractivity contribution in [3.05, 3.63) is 16.5 Å². The summed E-state index contributed by atoms with van der Waals surface area (Å²) >= 11 is 6.77. The molecule has 0 atom stereocenters. The monoisotopic (exact) mass is 267 g/mol. The van der Waals surface area contributed by atoms with Gasteiger partial charge in [0, 0.05) is 6.04 Å². The third-order valence-electron chi connectivity index (χ3n) is 2.12. The molecule has 3 nitrogen and oxygen atoms in total. The van der Waals surface area contributed by atoms with Gasteiger partial charge in [-0.05, 0) is 25.0 Å². The van der Waals surface area contributed by atoms with Gasteiger partial charge in [0.05, 0.1) is 4.34 Å². The van der Waals surface area contributed by atoms with E-state index in [0.717, 1.165) is 24.2 Å². The van der Waals surface area contributed by atoms with Crippen molar-refractivity contribution >= 4 is 33.0 Å². The Bertz CT molecular complexity index is 410. The molecule has 0 aliphatic heterocycles. The highest BCUT2D eigenvalue weighted by atomic mass is 35.5. The minimum atomic E-state index is -3.38. The van der Waals surface area contributed by atoms with E-state index < -0.39 is 10.0 Å². The van der Waals surface area contributed by atoms with Crippen LogP contribution in [0.3, 0.4) is 0 Å². The van der Waals surface area contributed by atoms with Gasteiger partial charge < -0.3 is 0 Å². The first-order valence-electron chi connectivity index (χ1n) is 4.77. The molecule has 0 aliphatic carbocycles. The van der Waals surface area contributed by atoms with Crippen LogP contribution in [0.5, 0.6) is 0 Å². The zero-order valence-electron chi connectivity index (χ0n) is 8.66. The largest absolute Gasteiger partial charge is 0.250 e. The molecule has 1 aromatic rings. The predicted molar refractivity (Wildman–Crippen MR) is 64.0 cm³/mol. The molecule has 86 valence electrons. The van der Waals surface area contributed by atoms with E-state index in [1.165, 1.54) is 6.07 Å². The van der Waals surface area contributed by atoms with Crippen LogP contribution in [0.4, 0.5) is 0 Å². The Morgan fingerprint density at radius 2 is 2.00 bits per heavy atom. The average Bonchev–Trinajstić information content (AvgIpc) is 2.62. The molecular formula is C9H14ClNO2S2. The lowest BCUT2D eigenvalue weighted by atomic mass is 10.2. The maximum Gasteiger partial charge on any atom is 0.250 e. The molecule has 0 fully saturated rings. The van der Waals surface area contributed by atoms with Crippen molar-refractivity contribution in [2.75, 3.05) is 0 Å². The van der Waals surface area contributed by atoms with E-state index >= 15 is 0 Å². The molecule has 0 bridgehead atoms. The molecule has 0 saturated carbocycles. The second-order valence-corrected chi connectivity index (χ2v) is 6.85. The minimum absolute atomic E-state index is 0.00382. The fourth-order valence-electron chi connectivity index (χ4n) is 1.17. The van der Waals surface area contributed by atoms with E-state index in [1.54, 1.807) is 6.07 Å². The Hall–Kier alpha value is -0.100. The number of halogens is 1. The maximum atomic E-state index is 11.8. The molecule has 15 heavy (non-hydrogen) atoms. The standard InChI is InChI=1S/C9H14ClNO2S2/c1-3-7(4-2)11-15(12,13)9-6-5-8(10)14-9/h5-7,11H,3-4H2,1-2H3. The van der Waals surface area contributed by atoms with Crippen LogP contribution < -0.4 is 4.72 Å². The van der Waals surface area contributed by atoms with Crippen molar-refractivity contribution in [3.63, 3.8) is 0 Å². The van der Waals surface area contributed by atoms with Crippen molar-refractivity contribution in [1.29, 1.82) is 0 Å². The molecule has 0 aliphatic rings. The fourth-order valence-corrected chi connectivity index (χ4v) is 4.08. The van der Waals surface area contributed by atoms with Crippen LogP contribution in [-0.4, -0.2) is 14.5 Å². The van der Waals surface area contributed by atoms with Crippen LogP contribution in [0.25, 0.3) is 0 Å². The van der Waals surface area contributed by atoms with Crippen LogP contribution in [0.1, 0.15) is 26.7 Å². The third-order valence-corrected chi connectivity index (χ3v) is 5.36. The summed E-state index contributed by atoms with van der Waals surface area (Å²) in [6.45, 7) is 3.91. The second-order valence-electron chi connectivity index (χ2n) is 3.19. The average molecular weight is 268 g/mol. The Morgan fingerprint density at radius 1 is 1.40 bits per heavy atom. The number of hydrogen-bond donors (Lipinski definition) is 1. The molecule has 1 rings (SSSR count). The van der Waals surface area contributed by atoms with Crippen molar-refractivity contribution in [3.8, 4) is 0 Å². The summed E-state index contributed by atoms with van der Waals surface area (Å²) in [5.41, 5.74) is 0. The molecule has 0 saturated heterocycles. The van der Waals surface area contributed by atoms with Crippen LogP contribution in [0, 0.1) is 0 Å². The van der Waals surface area contributed by atoms with E-state index in [4.69, 9.17) is 11.6 Å². The molecule has 0 spiro atoms. The summed E-state index contributed by atoms with van der Waals surface area (Å²) in [6, 6.07) is 3.11. The molecule has 6 heteroatoms. The van der Waals surface area contributed by atoms with Gasteiger partial charge in [-0.1, -0.05) is 25.4 Å². The first-order valence-corrected chi connectivity index (χ1v) is 7.45. The SMILES string of the molecule is CCC(CC)NS(=O)(=O)c1ccc(Cl)s1. The highest BCUT2D eigenvalue weighted by Crippen LogP contribution is 2.25. The van der Waals surface area contributed by atoms with Gasteiger partial charge in [-0.2, -0.15) is 0 Å². The molecular weight excluding hydrogens is 254 g/mol. The smallest absolute Gasteiger partial charge is 0.207 e. The van der Waals surface area contributed by atoms with Gasteiger partial charge in [-0.3, -0.25) is 0 Å². The highest BCUT2D eigenvalue weighted by molar-refractivity contribution is 7.91. The Kier molecular flexibility index (Phi) is 4.58. The van der Waals surface area contributed by atoms with Gasteiger partial charge in [0.1, 0.15) is 4.21 Å². The lowest BCUT2D eigenvalue weighted by Gasteiger charge is -2.13. The summed E-state index contributed by atoms with van der Waals surface area (Å²) in [6.07, 6.45) is 1.57. The normalized spacial score (nSPS) is 12.3. The van der Waals surface area contributed by atoms with Gasteiger partial charge >= 0.3 is 0 Å². The van der Waals surface area contributed by atoms with Gasteiger partial charge in [0.25, 0.3) is 0 Å². The third kappa shape index (κ3) is 3.45. The molecule has 0 amide bonds. The number of thiophene rings is 1. The first kappa shape index (κ1) is 13.0. The lowest BCUT2D eigenvalue weighted by Crippen LogP contribution is -2.33. The van der Waals surface area contributed by atoms with E-state index in [9.17, 15) is 8.42 Å². The molecule has 1 N–H and O–H groups in total. The van der Waals surface area contributed by atoms with Crippen molar-refractivity contribution in [2.24, 2.45) is 0 Å². The second kappa shape index (κ2) is 5.30. The number of hydrogen-bond acceptors (Lipinski definition) is 3. The zero-order valence-corrected chi connectivity index (χ0v) is 11.0. The Morgan fingerprint density at radius 3 is 2.40 bits per heavy atom. The molecule has 0 unspecified atom stereocenters. The summed E-state index contributed by atoms with van der Waals surface area (Å²) in [4.78, 5) is 0. The van der Waals surface area contributed by atoms with Gasteiger partial charge in [-0.25, -0.2) is 13.1 Å². The number of nitrogens with one attached hydrogen (secondary N) is 1. The van der Waals surface area contributed by atoms with Crippen molar-refractivity contribution < 1.29 is 8.42 Å². The van der Waals surface area contributed by atoms with E-state index in [1.807, 2.05) is 13.8 Å². The fraction of sp³-hybridized carbons (Fsp3) is 0.556. The summed E-state index contributed by atoms with van der Waals surface area (Å²) < 4.78 is 27.0. The van der Waals surface area contributed by atoms with Crippen LogP contribution in [0.15, 0.2) is 16.3 Å². The molecule has 1 aromatic heterocycles. The van der Waals surface area contributed by atoms with E-state index in [-0.39, 0.29) is 10.3 Å². The molecule has 0 aromatic carbocycles. The first-order chi connectivity index (χ1) is 6.99. The van der Waals surface area contributed by atoms with Gasteiger partial charge in [0.2, 0.25) is 10.0 Å². The molecule has 1 heterocycles. The van der Waals surface area contributed by atoms with Crippen LogP contribution in [-0.2, 0) is 10.0 Å². The predicted octanol–water partition coefficient (Wildman–Crippen LogP) is 2.87. The van der Waals surface area contributed by atoms with Crippen LogP contribution in [0.2, 0.25) is 4.34 Å². The zero-order chi connectivity index (χ0) is 11.5. The summed E-state index contributed by atoms with van der Waals surface area (Å²) in [5, 5.41) is 0. The Balaban J connectivity index is 2.84. The topological polar surface area (TPSA) is 46.2 Å². The van der Waals surface area contributed by atoms with E-state index in [2.05, 4.69) is 4.72 Å². The number of rotatable bonds is 5. The van der Waals surface area contributed by atoms with Crippen molar-refractivity contribution in [2.45, 2.75) is 36.9 Å². The summed E-state index contributed by atoms with van der Waals surface area (Å²) in [7, 11) is -3.38. The highest BCUT2D eigenvalue weighted by Gasteiger charge is 2.19. The molecule has 0 radical (unpaired) electrons. The summed E-state index contributed by atoms with van der Waals surface area (Å²) in [5.74, 6) is 0. The van der Waals surface area contributed by atoms with Gasteiger partial charge in [-0.15, -0.1) is 11.3 Å². The van der Waals surface area contributed by atoms with Crippen LogP contribution >= 0.6 is 22.9 Å². The van der Waals surface area contributed by atoms with Gasteiger partial charge in [0.15, 0.2) is 0 Å². The quantitative estimate of drug-likeness (QED) is 0.892. The minimum Gasteiger partial charge on any atom is -0.207 e.